The van der Waals surface area contributed by atoms with Crippen molar-refractivity contribution in [2.24, 2.45) is 0 Å². The number of H-pyrrole nitrogens is 2. The van der Waals surface area contributed by atoms with Crippen molar-refractivity contribution in [3.8, 4) is 0 Å². The minimum Gasteiger partial charge on any atom is -0.345 e. The molecule has 0 saturated carbocycles. The first-order valence-electron chi connectivity index (χ1n) is 8.80. The van der Waals surface area contributed by atoms with Crippen molar-refractivity contribution >= 4 is 28.5 Å². The van der Waals surface area contributed by atoms with Crippen LogP contribution in [0.15, 0.2) is 64.3 Å². The number of imidazole rings is 1. The van der Waals surface area contributed by atoms with Gasteiger partial charge in [0.1, 0.15) is 11.4 Å². The molecule has 0 bridgehead atoms. The maximum Gasteiger partial charge on any atom is 0.328 e. The second-order valence-electron chi connectivity index (χ2n) is 6.37. The van der Waals surface area contributed by atoms with Gasteiger partial charge in [0, 0.05) is 11.2 Å². The number of nitrogens with zero attached hydrogens (tertiary/aromatic N) is 2. The van der Waals surface area contributed by atoms with Gasteiger partial charge in [-0.15, -0.1) is 0 Å². The van der Waals surface area contributed by atoms with Crippen LogP contribution in [0.25, 0.3) is 11.0 Å². The van der Waals surface area contributed by atoms with E-state index in [4.69, 9.17) is 11.6 Å². The monoisotopic (exact) mass is 409 g/mol. The first kappa shape index (κ1) is 18.7. The van der Waals surface area contributed by atoms with Gasteiger partial charge in [0.2, 0.25) is 0 Å². The van der Waals surface area contributed by atoms with E-state index in [-0.39, 0.29) is 18.7 Å². The highest BCUT2D eigenvalue weighted by Crippen LogP contribution is 2.15. The van der Waals surface area contributed by atoms with Gasteiger partial charge in [-0.2, -0.15) is 0 Å². The highest BCUT2D eigenvalue weighted by atomic mass is 35.5. The number of aromatic amines is 2. The van der Waals surface area contributed by atoms with E-state index < -0.39 is 17.2 Å². The van der Waals surface area contributed by atoms with Gasteiger partial charge in [-0.25, -0.2) is 9.78 Å². The van der Waals surface area contributed by atoms with E-state index in [1.54, 1.807) is 24.3 Å². The van der Waals surface area contributed by atoms with E-state index in [2.05, 4.69) is 20.3 Å². The first-order chi connectivity index (χ1) is 14.0. The van der Waals surface area contributed by atoms with Gasteiger partial charge < -0.3 is 15.3 Å². The molecule has 0 spiro atoms. The number of para-hydroxylation sites is 2. The molecule has 0 fully saturated rings. The minimum atomic E-state index is -0.698. The van der Waals surface area contributed by atoms with Crippen molar-refractivity contribution in [2.45, 2.75) is 13.1 Å². The lowest BCUT2D eigenvalue weighted by atomic mass is 10.2. The Kier molecular flexibility index (Phi) is 5.01. The predicted molar refractivity (Wildman–Crippen MR) is 109 cm³/mol. The number of aromatic nitrogens is 4. The molecular formula is C20H16ClN5O3. The Hall–Kier alpha value is -3.65. The highest BCUT2D eigenvalue weighted by Gasteiger charge is 2.16. The summed E-state index contributed by atoms with van der Waals surface area (Å²) in [5.74, 6) is -0.0556. The number of fused-ring (bicyclic) bond motifs is 1. The standard InChI is InChI=1S/C20H16ClN5O3/c21-14-6-2-1-5-12(14)11-26-19(28)13(9-23-20(26)29)18(27)22-10-17-24-15-7-3-4-8-16(15)25-17/h1-9H,10-11H2,(H,22,27)(H,23,29)(H,24,25). The normalized spacial score (nSPS) is 10.9. The van der Waals surface area contributed by atoms with Crippen LogP contribution < -0.4 is 16.6 Å². The van der Waals surface area contributed by atoms with Crippen molar-refractivity contribution in [1.82, 2.24) is 24.8 Å². The number of hydrogen-bond donors (Lipinski definition) is 3. The maximum absolute atomic E-state index is 12.7. The van der Waals surface area contributed by atoms with E-state index in [0.717, 1.165) is 21.8 Å². The van der Waals surface area contributed by atoms with E-state index in [1.807, 2.05) is 24.3 Å². The van der Waals surface area contributed by atoms with Gasteiger partial charge in [0.05, 0.1) is 24.1 Å². The van der Waals surface area contributed by atoms with Crippen LogP contribution in [0.4, 0.5) is 0 Å². The van der Waals surface area contributed by atoms with Crippen molar-refractivity contribution < 1.29 is 4.79 Å². The zero-order valence-electron chi connectivity index (χ0n) is 15.1. The maximum atomic E-state index is 12.7. The van der Waals surface area contributed by atoms with Crippen LogP contribution in [-0.2, 0) is 13.1 Å². The van der Waals surface area contributed by atoms with E-state index >= 15 is 0 Å². The van der Waals surface area contributed by atoms with Crippen molar-refractivity contribution in [3.05, 3.63) is 97.5 Å². The Morgan fingerprint density at radius 3 is 2.66 bits per heavy atom. The summed E-state index contributed by atoms with van der Waals surface area (Å²) in [4.78, 5) is 47.3. The SMILES string of the molecule is O=C(NCc1nc2ccccc2[nH]1)c1c[nH]c(=O)n(Cc2ccccc2Cl)c1=O. The third-order valence-corrected chi connectivity index (χ3v) is 4.82. The molecule has 146 valence electrons. The molecule has 0 saturated heterocycles. The quantitative estimate of drug-likeness (QED) is 0.468. The summed E-state index contributed by atoms with van der Waals surface area (Å²) < 4.78 is 0.942. The molecule has 0 aliphatic carbocycles. The first-order valence-corrected chi connectivity index (χ1v) is 9.18. The highest BCUT2D eigenvalue weighted by molar-refractivity contribution is 6.31. The third-order valence-electron chi connectivity index (χ3n) is 4.45. The summed E-state index contributed by atoms with van der Waals surface area (Å²) in [6, 6.07) is 14.4. The molecule has 0 aliphatic heterocycles. The smallest absolute Gasteiger partial charge is 0.328 e. The summed E-state index contributed by atoms with van der Waals surface area (Å²) in [7, 11) is 0. The molecule has 0 atom stereocenters. The fourth-order valence-electron chi connectivity index (χ4n) is 2.96. The molecular weight excluding hydrogens is 394 g/mol. The third kappa shape index (κ3) is 3.83. The Balaban J connectivity index is 1.56. The van der Waals surface area contributed by atoms with Crippen molar-refractivity contribution in [1.29, 1.82) is 0 Å². The van der Waals surface area contributed by atoms with E-state index in [1.165, 1.54) is 0 Å². The predicted octanol–water partition coefficient (Wildman–Crippen LogP) is 2.04. The molecule has 3 N–H and O–H groups in total. The largest absolute Gasteiger partial charge is 0.345 e. The molecule has 8 nitrogen and oxygen atoms in total. The molecule has 9 heteroatoms. The number of carbonyl (C=O) groups excluding carboxylic acids is 1. The zero-order chi connectivity index (χ0) is 20.4. The van der Waals surface area contributed by atoms with Gasteiger partial charge in [0.15, 0.2) is 0 Å². The fourth-order valence-corrected chi connectivity index (χ4v) is 3.16. The zero-order valence-corrected chi connectivity index (χ0v) is 15.9. The summed E-state index contributed by atoms with van der Waals surface area (Å²) in [5, 5.41) is 3.07. The lowest BCUT2D eigenvalue weighted by Crippen LogP contribution is -2.40. The second kappa shape index (κ2) is 7.76. The van der Waals surface area contributed by atoms with E-state index in [0.29, 0.717) is 16.4 Å². The molecule has 4 aromatic rings. The van der Waals surface area contributed by atoms with Gasteiger partial charge in [-0.05, 0) is 23.8 Å². The summed E-state index contributed by atoms with van der Waals surface area (Å²) in [6.45, 7) is 0.0646. The molecule has 2 aromatic carbocycles. The molecule has 0 aliphatic rings. The number of rotatable bonds is 5. The average molecular weight is 410 g/mol. The lowest BCUT2D eigenvalue weighted by Gasteiger charge is -2.08. The number of amides is 1. The van der Waals surface area contributed by atoms with Crippen LogP contribution in [0.3, 0.4) is 0 Å². The van der Waals surface area contributed by atoms with Crippen LogP contribution >= 0.6 is 11.6 Å². The van der Waals surface area contributed by atoms with E-state index in [9.17, 15) is 14.4 Å². The fraction of sp³-hybridized carbons (Fsp3) is 0.100. The summed E-state index contributed by atoms with van der Waals surface area (Å²) in [6.07, 6.45) is 1.11. The molecule has 0 unspecified atom stereocenters. The van der Waals surface area contributed by atoms with Crippen molar-refractivity contribution in [2.75, 3.05) is 0 Å². The minimum absolute atomic E-state index is 0.0431. The molecule has 1 amide bonds. The summed E-state index contributed by atoms with van der Waals surface area (Å²) in [5.41, 5.74) is 0.736. The number of benzene rings is 2. The Morgan fingerprint density at radius 1 is 1.10 bits per heavy atom. The molecule has 0 radical (unpaired) electrons. The summed E-state index contributed by atoms with van der Waals surface area (Å²) >= 11 is 6.11. The number of nitrogens with one attached hydrogen (secondary N) is 3. The van der Waals surface area contributed by atoms with Crippen LogP contribution in [0.5, 0.6) is 0 Å². The van der Waals surface area contributed by atoms with Crippen molar-refractivity contribution in [3.63, 3.8) is 0 Å². The van der Waals surface area contributed by atoms with Gasteiger partial charge >= 0.3 is 5.69 Å². The van der Waals surface area contributed by atoms with Gasteiger partial charge in [-0.1, -0.05) is 41.9 Å². The average Bonchev–Trinajstić information content (AvgIpc) is 3.14. The molecule has 2 heterocycles. The van der Waals surface area contributed by atoms with Crippen LogP contribution in [0.1, 0.15) is 21.7 Å². The lowest BCUT2D eigenvalue weighted by molar-refractivity contribution is 0.0947. The number of hydrogen-bond acceptors (Lipinski definition) is 4. The number of halogens is 1. The second-order valence-corrected chi connectivity index (χ2v) is 6.78. The Labute approximate surface area is 169 Å². The molecule has 2 aromatic heterocycles. The number of carbonyl (C=O) groups is 1. The Morgan fingerprint density at radius 2 is 1.86 bits per heavy atom. The van der Waals surface area contributed by atoms with Gasteiger partial charge in [-0.3, -0.25) is 14.2 Å². The van der Waals surface area contributed by atoms with Crippen LogP contribution in [0.2, 0.25) is 5.02 Å². The van der Waals surface area contributed by atoms with Gasteiger partial charge in [0.25, 0.3) is 11.5 Å². The molecule has 4 rings (SSSR count). The van der Waals surface area contributed by atoms with Crippen LogP contribution in [-0.4, -0.2) is 25.4 Å². The topological polar surface area (TPSA) is 113 Å². The van der Waals surface area contributed by atoms with Crippen LogP contribution in [0, 0.1) is 0 Å². The Bertz CT molecular complexity index is 1290. The molecule has 29 heavy (non-hydrogen) atoms.